The molecule has 0 radical (unpaired) electrons. The fourth-order valence-corrected chi connectivity index (χ4v) is 5.21. The van der Waals surface area contributed by atoms with E-state index in [0.29, 0.717) is 11.1 Å². The first-order chi connectivity index (χ1) is 17.0. The molecule has 0 amide bonds. The third-order valence-corrected chi connectivity index (χ3v) is 6.86. The highest BCUT2D eigenvalue weighted by atomic mass is 32.1. The molecule has 1 aliphatic rings. The molecule has 3 aromatic heterocycles. The minimum absolute atomic E-state index is 0.0132. The lowest BCUT2D eigenvalue weighted by Gasteiger charge is -2.10. The SMILES string of the molecule is Nc1nc(COC(=O)CCn2cnc3sc4c(c3c2=O)CCCC4)nc(Nc2ccc(F)cc2)n1. The summed E-state index contributed by atoms with van der Waals surface area (Å²) in [7, 11) is 0. The van der Waals surface area contributed by atoms with Crippen LogP contribution in [0.5, 0.6) is 0 Å². The number of hydrogen-bond donors (Lipinski definition) is 2. The molecule has 0 fully saturated rings. The van der Waals surface area contributed by atoms with E-state index in [1.54, 1.807) is 11.3 Å². The van der Waals surface area contributed by atoms with Crippen LogP contribution < -0.4 is 16.6 Å². The summed E-state index contributed by atoms with van der Waals surface area (Å²) in [5.74, 6) is -0.649. The predicted octanol–water partition coefficient (Wildman–Crippen LogP) is 3.12. The molecule has 5 rings (SSSR count). The molecule has 0 aliphatic heterocycles. The minimum Gasteiger partial charge on any atom is -0.457 e. The molecule has 12 heteroatoms. The summed E-state index contributed by atoms with van der Waals surface area (Å²) in [6, 6.07) is 5.63. The van der Waals surface area contributed by atoms with E-state index in [1.807, 2.05) is 0 Å². The van der Waals surface area contributed by atoms with Crippen LogP contribution in [-0.2, 0) is 35.5 Å². The molecule has 1 aromatic carbocycles. The molecule has 4 aromatic rings. The number of nitrogens with zero attached hydrogens (tertiary/aromatic N) is 5. The molecule has 1 aliphatic carbocycles. The fourth-order valence-electron chi connectivity index (χ4n) is 3.99. The largest absolute Gasteiger partial charge is 0.457 e. The van der Waals surface area contributed by atoms with Crippen LogP contribution in [0.2, 0.25) is 0 Å². The third-order valence-electron chi connectivity index (χ3n) is 5.66. The number of rotatable bonds is 7. The number of hydrogen-bond acceptors (Lipinski definition) is 10. The Balaban J connectivity index is 1.21. The normalized spacial score (nSPS) is 12.9. The van der Waals surface area contributed by atoms with E-state index < -0.39 is 5.97 Å². The smallest absolute Gasteiger partial charge is 0.308 e. The van der Waals surface area contributed by atoms with Crippen LogP contribution in [0.1, 0.15) is 35.5 Å². The van der Waals surface area contributed by atoms with Crippen molar-refractivity contribution in [2.24, 2.45) is 0 Å². The van der Waals surface area contributed by atoms with E-state index in [-0.39, 0.29) is 48.7 Å². The second-order valence-corrected chi connectivity index (χ2v) is 9.19. The van der Waals surface area contributed by atoms with E-state index in [1.165, 1.54) is 40.0 Å². The molecule has 0 unspecified atom stereocenters. The van der Waals surface area contributed by atoms with Crippen molar-refractivity contribution < 1.29 is 13.9 Å². The monoisotopic (exact) mass is 495 g/mol. The molecule has 10 nitrogen and oxygen atoms in total. The first-order valence-electron chi connectivity index (χ1n) is 11.1. The van der Waals surface area contributed by atoms with Gasteiger partial charge in [0.15, 0.2) is 12.4 Å². The first-order valence-corrected chi connectivity index (χ1v) is 12.0. The van der Waals surface area contributed by atoms with Crippen LogP contribution in [-0.4, -0.2) is 30.5 Å². The number of fused-ring (bicyclic) bond motifs is 3. The fraction of sp³-hybridized carbons (Fsp3) is 0.304. The lowest BCUT2D eigenvalue weighted by molar-refractivity contribution is -0.145. The minimum atomic E-state index is -0.517. The van der Waals surface area contributed by atoms with Gasteiger partial charge in [-0.2, -0.15) is 15.0 Å². The van der Waals surface area contributed by atoms with Crippen molar-refractivity contribution in [1.29, 1.82) is 0 Å². The Hall–Kier alpha value is -3.93. The van der Waals surface area contributed by atoms with E-state index >= 15 is 0 Å². The summed E-state index contributed by atoms with van der Waals surface area (Å²) < 4.78 is 19.8. The molecule has 0 spiro atoms. The van der Waals surface area contributed by atoms with Crippen LogP contribution in [0.4, 0.5) is 22.0 Å². The van der Waals surface area contributed by atoms with Crippen molar-refractivity contribution in [3.8, 4) is 0 Å². The van der Waals surface area contributed by atoms with Crippen LogP contribution >= 0.6 is 11.3 Å². The van der Waals surface area contributed by atoms with Gasteiger partial charge >= 0.3 is 5.97 Å². The van der Waals surface area contributed by atoms with Crippen LogP contribution in [0.25, 0.3) is 10.2 Å². The quantitative estimate of drug-likeness (QED) is 0.370. The van der Waals surface area contributed by atoms with Gasteiger partial charge in [0.05, 0.1) is 18.1 Å². The zero-order chi connectivity index (χ0) is 24.4. The Morgan fingerprint density at radius 3 is 2.80 bits per heavy atom. The van der Waals surface area contributed by atoms with Crippen molar-refractivity contribution in [2.75, 3.05) is 11.1 Å². The van der Waals surface area contributed by atoms with Gasteiger partial charge in [-0.15, -0.1) is 11.3 Å². The van der Waals surface area contributed by atoms with Crippen LogP contribution in [0, 0.1) is 5.82 Å². The molecule has 0 atom stereocenters. The lowest BCUT2D eigenvalue weighted by atomic mass is 9.97. The number of thiophene rings is 1. The number of aromatic nitrogens is 5. The van der Waals surface area contributed by atoms with Gasteiger partial charge in [-0.1, -0.05) is 0 Å². The van der Waals surface area contributed by atoms with E-state index in [9.17, 15) is 14.0 Å². The van der Waals surface area contributed by atoms with Crippen LogP contribution in [0.15, 0.2) is 35.4 Å². The molecular weight excluding hydrogens is 473 g/mol. The molecule has 0 bridgehead atoms. The van der Waals surface area contributed by atoms with Gasteiger partial charge in [-0.05, 0) is 55.5 Å². The maximum absolute atomic E-state index is 13.1. The number of nitrogen functional groups attached to an aromatic ring is 1. The first kappa shape index (κ1) is 22.8. The zero-order valence-electron chi connectivity index (χ0n) is 18.7. The van der Waals surface area contributed by atoms with Gasteiger partial charge in [0.2, 0.25) is 11.9 Å². The average molecular weight is 496 g/mol. The number of benzene rings is 1. The standard InChI is InChI=1S/C23H22FN7O3S/c24-13-5-7-14(8-6-13)27-23-29-17(28-22(25)30-23)11-34-18(32)9-10-31-12-26-20-19(21(31)33)15-3-1-2-4-16(15)35-20/h5-8,12H,1-4,9-11H2,(H3,25,27,28,29,30). The highest BCUT2D eigenvalue weighted by Crippen LogP contribution is 2.33. The molecule has 0 saturated heterocycles. The third kappa shape index (κ3) is 5.11. The molecular formula is C23H22FN7O3S. The summed E-state index contributed by atoms with van der Waals surface area (Å²) in [4.78, 5) is 43.9. The number of esters is 1. The Morgan fingerprint density at radius 1 is 1.17 bits per heavy atom. The molecule has 35 heavy (non-hydrogen) atoms. The summed E-state index contributed by atoms with van der Waals surface area (Å²) >= 11 is 1.59. The Labute approximate surface area is 203 Å². The number of carbonyl (C=O) groups is 1. The van der Waals surface area contributed by atoms with Gasteiger partial charge in [0, 0.05) is 17.1 Å². The maximum Gasteiger partial charge on any atom is 0.308 e. The zero-order valence-corrected chi connectivity index (χ0v) is 19.5. The van der Waals surface area contributed by atoms with Gasteiger partial charge < -0.3 is 15.8 Å². The second-order valence-electron chi connectivity index (χ2n) is 8.11. The number of anilines is 3. The molecule has 0 saturated carbocycles. The number of ether oxygens (including phenoxy) is 1. The summed E-state index contributed by atoms with van der Waals surface area (Å²) in [6.07, 6.45) is 5.57. The summed E-state index contributed by atoms with van der Waals surface area (Å²) in [5.41, 5.74) is 7.28. The van der Waals surface area contributed by atoms with Gasteiger partial charge in [0.25, 0.3) is 5.56 Å². The highest BCUT2D eigenvalue weighted by Gasteiger charge is 2.20. The topological polar surface area (TPSA) is 138 Å². The van der Waals surface area contributed by atoms with Crippen molar-refractivity contribution in [2.45, 2.75) is 45.3 Å². The molecule has 180 valence electrons. The number of nitrogens with two attached hydrogens (primary N) is 1. The number of nitrogens with one attached hydrogen (secondary N) is 1. The van der Waals surface area contributed by atoms with Gasteiger partial charge in [-0.25, -0.2) is 9.37 Å². The number of carbonyl (C=O) groups excluding carboxylic acids is 1. The van der Waals surface area contributed by atoms with E-state index in [4.69, 9.17) is 10.5 Å². The highest BCUT2D eigenvalue weighted by molar-refractivity contribution is 7.18. The molecule has 3 heterocycles. The van der Waals surface area contributed by atoms with Crippen LogP contribution in [0.3, 0.4) is 0 Å². The van der Waals surface area contributed by atoms with E-state index in [2.05, 4.69) is 25.3 Å². The predicted molar refractivity (Wildman–Crippen MR) is 129 cm³/mol. The number of halogens is 1. The number of aryl methyl sites for hydroxylation is 3. The average Bonchev–Trinajstić information content (AvgIpc) is 3.23. The lowest BCUT2D eigenvalue weighted by Crippen LogP contribution is -2.23. The Morgan fingerprint density at radius 2 is 1.97 bits per heavy atom. The van der Waals surface area contributed by atoms with Gasteiger partial charge in [-0.3, -0.25) is 14.2 Å². The van der Waals surface area contributed by atoms with Crippen molar-refractivity contribution in [3.05, 3.63) is 63.0 Å². The molecule has 3 N–H and O–H groups in total. The maximum atomic E-state index is 13.1. The van der Waals surface area contributed by atoms with Crippen molar-refractivity contribution in [3.63, 3.8) is 0 Å². The van der Waals surface area contributed by atoms with E-state index in [0.717, 1.165) is 36.1 Å². The van der Waals surface area contributed by atoms with Crippen molar-refractivity contribution >= 4 is 45.1 Å². The summed E-state index contributed by atoms with van der Waals surface area (Å²) in [5, 5.41) is 3.58. The second kappa shape index (κ2) is 9.74. The van der Waals surface area contributed by atoms with Crippen molar-refractivity contribution in [1.82, 2.24) is 24.5 Å². The Kier molecular flexibility index (Phi) is 6.36. The van der Waals surface area contributed by atoms with Gasteiger partial charge in [0.1, 0.15) is 10.6 Å². The Bertz CT molecular complexity index is 1450. The summed E-state index contributed by atoms with van der Waals surface area (Å²) in [6.45, 7) is -0.0597.